The van der Waals surface area contributed by atoms with Crippen LogP contribution in [-0.2, 0) is 16.3 Å². The summed E-state index contributed by atoms with van der Waals surface area (Å²) in [5.41, 5.74) is -6.97. The van der Waals surface area contributed by atoms with Gasteiger partial charge in [0.1, 0.15) is 6.10 Å². The Bertz CT molecular complexity index is 892. The van der Waals surface area contributed by atoms with Gasteiger partial charge in [0.15, 0.2) is 0 Å². The van der Waals surface area contributed by atoms with Crippen molar-refractivity contribution in [3.8, 4) is 0 Å². The topological polar surface area (TPSA) is 74.6 Å². The molecule has 10 heteroatoms. The average Bonchev–Trinajstić information content (AvgIpc) is 2.78. The van der Waals surface area contributed by atoms with Crippen LogP contribution in [0.5, 0.6) is 0 Å². The molecule has 3 atom stereocenters. The summed E-state index contributed by atoms with van der Waals surface area (Å²) >= 11 is 0. The third-order valence-corrected chi connectivity index (χ3v) is 7.33. The zero-order valence-corrected chi connectivity index (χ0v) is 16.0. The Balaban J connectivity index is 2.23. The molecule has 1 aromatic rings. The van der Waals surface area contributed by atoms with Crippen LogP contribution in [0.4, 0.5) is 22.0 Å². The minimum Gasteiger partial charge on any atom is -0.392 e. The van der Waals surface area contributed by atoms with Crippen LogP contribution in [0.1, 0.15) is 61.8 Å². The lowest BCUT2D eigenvalue weighted by Crippen LogP contribution is -2.32. The van der Waals surface area contributed by atoms with Crippen LogP contribution in [0.25, 0.3) is 0 Å². The van der Waals surface area contributed by atoms with Crippen molar-refractivity contribution in [1.29, 1.82) is 0 Å². The molecule has 0 heterocycles. The summed E-state index contributed by atoms with van der Waals surface area (Å²) in [7, 11) is -5.92. The Kier molecular flexibility index (Phi) is 4.88. The molecule has 3 rings (SSSR count). The van der Waals surface area contributed by atoms with E-state index in [1.54, 1.807) is 0 Å². The van der Waals surface area contributed by atoms with Crippen molar-refractivity contribution in [2.75, 3.05) is 0 Å². The molecule has 2 N–H and O–H groups in total. The van der Waals surface area contributed by atoms with Crippen molar-refractivity contribution in [2.45, 2.75) is 74.0 Å². The first-order valence-electron chi connectivity index (χ1n) is 8.79. The predicted molar refractivity (Wildman–Crippen MR) is 89.7 cm³/mol. The summed E-state index contributed by atoms with van der Waals surface area (Å²) < 4.78 is 91.3. The van der Waals surface area contributed by atoms with Crippen molar-refractivity contribution < 1.29 is 40.6 Å². The van der Waals surface area contributed by atoms with E-state index in [1.165, 1.54) is 0 Å². The molecule has 0 spiro atoms. The molecule has 0 bridgehead atoms. The zero-order chi connectivity index (χ0) is 21.3. The monoisotopic (exact) mass is 428 g/mol. The number of sulfone groups is 1. The maximum absolute atomic E-state index is 14.2. The van der Waals surface area contributed by atoms with E-state index in [4.69, 9.17) is 0 Å². The van der Waals surface area contributed by atoms with Gasteiger partial charge in [0.05, 0.1) is 11.0 Å². The van der Waals surface area contributed by atoms with Gasteiger partial charge in [-0.05, 0) is 41.9 Å². The van der Waals surface area contributed by atoms with E-state index < -0.39 is 56.3 Å². The maximum Gasteiger partial charge on any atom is 0.501 e. The number of benzene rings is 1. The van der Waals surface area contributed by atoms with Gasteiger partial charge in [-0.3, -0.25) is 0 Å². The van der Waals surface area contributed by atoms with Crippen LogP contribution in [0.15, 0.2) is 17.0 Å². The number of alkyl halides is 5. The third-order valence-electron chi connectivity index (χ3n) is 5.79. The number of halogens is 5. The first kappa shape index (κ1) is 21.4. The highest BCUT2D eigenvalue weighted by molar-refractivity contribution is 7.92. The molecule has 0 amide bonds. The molecule has 0 aliphatic heterocycles. The molecule has 1 fully saturated rings. The van der Waals surface area contributed by atoms with Crippen LogP contribution >= 0.6 is 0 Å². The Morgan fingerprint density at radius 1 is 1.14 bits per heavy atom. The Morgan fingerprint density at radius 3 is 2.32 bits per heavy atom. The summed E-state index contributed by atoms with van der Waals surface area (Å²) in [6.07, 6.45) is -3.17. The molecule has 2 aliphatic carbocycles. The molecular weight excluding hydrogens is 407 g/mol. The summed E-state index contributed by atoms with van der Waals surface area (Å²) in [6, 6.07) is 1.69. The summed E-state index contributed by atoms with van der Waals surface area (Å²) in [5, 5.41) is 20.4. The van der Waals surface area contributed by atoms with Crippen LogP contribution in [0.2, 0.25) is 0 Å². The van der Waals surface area contributed by atoms with E-state index in [2.05, 4.69) is 0 Å². The van der Waals surface area contributed by atoms with E-state index >= 15 is 0 Å². The van der Waals surface area contributed by atoms with E-state index in [1.807, 2.05) is 13.8 Å². The largest absolute Gasteiger partial charge is 0.501 e. The number of rotatable bonds is 2. The van der Waals surface area contributed by atoms with Crippen LogP contribution in [0, 0.1) is 5.41 Å². The Morgan fingerprint density at radius 2 is 1.75 bits per heavy atom. The molecule has 1 saturated carbocycles. The fraction of sp³-hybridized carbons (Fsp3) is 0.667. The van der Waals surface area contributed by atoms with Crippen molar-refractivity contribution in [1.82, 2.24) is 0 Å². The SMILES string of the molecule is CC1(C)CC[C@H](O)[C@H](c2ccc(S(=O)(=O)C(F)(F)F)c3c2CC(F)(F)[C@H]3O)C1. The molecule has 4 nitrogen and oxygen atoms in total. The lowest BCUT2D eigenvalue weighted by Gasteiger charge is -2.39. The highest BCUT2D eigenvalue weighted by Crippen LogP contribution is 2.52. The van der Waals surface area contributed by atoms with E-state index in [0.717, 1.165) is 6.07 Å². The van der Waals surface area contributed by atoms with Crippen molar-refractivity contribution in [3.63, 3.8) is 0 Å². The highest BCUT2D eigenvalue weighted by atomic mass is 32.2. The van der Waals surface area contributed by atoms with Crippen LogP contribution < -0.4 is 0 Å². The Labute approximate surface area is 159 Å². The molecular formula is C18H21F5O4S. The zero-order valence-electron chi connectivity index (χ0n) is 15.2. The number of aliphatic hydroxyl groups excluding tert-OH is 2. The standard InChI is InChI=1S/C18H21F5O4S/c1-16(2)6-5-12(24)10(7-16)9-3-4-13(28(26,27)18(21,22)23)14-11(9)8-17(19,20)15(14)25/h3-4,10,12,15,24-25H,5-8H2,1-2H3/t10-,12-,15-/m0/s1. The lowest BCUT2D eigenvalue weighted by atomic mass is 9.68. The Hall–Kier alpha value is -1.26. The average molecular weight is 428 g/mol. The minimum absolute atomic E-state index is 0.174. The first-order chi connectivity index (χ1) is 12.6. The number of aliphatic hydroxyl groups is 2. The van der Waals surface area contributed by atoms with Gasteiger partial charge in [0.2, 0.25) is 0 Å². The van der Waals surface area contributed by atoms with Crippen molar-refractivity contribution in [2.24, 2.45) is 5.41 Å². The lowest BCUT2D eigenvalue weighted by molar-refractivity contribution is -0.0978. The minimum atomic E-state index is -5.92. The van der Waals surface area contributed by atoms with Gasteiger partial charge in [0, 0.05) is 17.9 Å². The smallest absolute Gasteiger partial charge is 0.392 e. The highest BCUT2D eigenvalue weighted by Gasteiger charge is 2.55. The first-order valence-corrected chi connectivity index (χ1v) is 10.3. The molecule has 0 aromatic heterocycles. The molecule has 0 radical (unpaired) electrons. The second-order valence-corrected chi connectivity index (χ2v) is 10.3. The predicted octanol–water partition coefficient (Wildman–Crippen LogP) is 3.86. The summed E-state index contributed by atoms with van der Waals surface area (Å²) in [5.74, 6) is -4.44. The van der Waals surface area contributed by atoms with Gasteiger partial charge < -0.3 is 10.2 Å². The van der Waals surface area contributed by atoms with Gasteiger partial charge in [-0.15, -0.1) is 0 Å². The maximum atomic E-state index is 14.2. The van der Waals surface area contributed by atoms with Gasteiger partial charge in [-0.1, -0.05) is 19.9 Å². The second-order valence-electron chi connectivity index (χ2n) is 8.42. The summed E-state index contributed by atoms with van der Waals surface area (Å²) in [4.78, 5) is -1.35. The van der Waals surface area contributed by atoms with Crippen molar-refractivity contribution in [3.05, 3.63) is 28.8 Å². The van der Waals surface area contributed by atoms with Gasteiger partial charge in [-0.2, -0.15) is 13.2 Å². The van der Waals surface area contributed by atoms with E-state index in [9.17, 15) is 40.6 Å². The molecule has 28 heavy (non-hydrogen) atoms. The number of hydrogen-bond donors (Lipinski definition) is 2. The van der Waals surface area contributed by atoms with Gasteiger partial charge in [0.25, 0.3) is 15.8 Å². The fourth-order valence-corrected chi connectivity index (χ4v) is 5.32. The van der Waals surface area contributed by atoms with E-state index in [0.29, 0.717) is 25.3 Å². The number of hydrogen-bond acceptors (Lipinski definition) is 4. The molecule has 0 unspecified atom stereocenters. The second kappa shape index (κ2) is 6.37. The molecule has 0 saturated heterocycles. The van der Waals surface area contributed by atoms with Gasteiger partial charge in [-0.25, -0.2) is 17.2 Å². The van der Waals surface area contributed by atoms with Crippen molar-refractivity contribution >= 4 is 9.84 Å². The fourth-order valence-electron chi connectivity index (χ4n) is 4.30. The summed E-state index contributed by atoms with van der Waals surface area (Å²) in [6.45, 7) is 3.86. The quantitative estimate of drug-likeness (QED) is 0.702. The molecule has 2 aliphatic rings. The van der Waals surface area contributed by atoms with Crippen LogP contribution in [-0.4, -0.2) is 36.2 Å². The number of fused-ring (bicyclic) bond motifs is 1. The van der Waals surface area contributed by atoms with Gasteiger partial charge >= 0.3 is 5.51 Å². The molecule has 158 valence electrons. The normalized spacial score (nSPS) is 29.5. The van der Waals surface area contributed by atoms with E-state index in [-0.39, 0.29) is 16.5 Å². The third kappa shape index (κ3) is 3.33. The molecule has 1 aromatic carbocycles. The van der Waals surface area contributed by atoms with Crippen LogP contribution in [0.3, 0.4) is 0 Å².